The Kier molecular flexibility index (Phi) is 37.8. The van der Waals surface area contributed by atoms with Crippen LogP contribution in [0.4, 0.5) is 22.0 Å². The first-order valence-corrected chi connectivity index (χ1v) is 24.2. The van der Waals surface area contributed by atoms with Gasteiger partial charge in [0.1, 0.15) is 0 Å². The van der Waals surface area contributed by atoms with E-state index in [0.29, 0.717) is 105 Å². The molecule has 0 atom stereocenters. The predicted octanol–water partition coefficient (Wildman–Crippen LogP) is 2.71. The van der Waals surface area contributed by atoms with Crippen LogP contribution in [0.25, 0.3) is 0 Å². The first-order chi connectivity index (χ1) is 33.8. The highest BCUT2D eigenvalue weighted by Crippen LogP contribution is 2.30. The molecular weight excluding hydrogens is 938 g/mol. The number of hydrogen-bond acceptors (Lipinski definition) is 15. The van der Waals surface area contributed by atoms with E-state index in [1.54, 1.807) is 0 Å². The summed E-state index contributed by atoms with van der Waals surface area (Å²) >= 11 is 0. The van der Waals surface area contributed by atoms with Gasteiger partial charge in [-0.15, -0.1) is 0 Å². The van der Waals surface area contributed by atoms with E-state index in [0.717, 1.165) is 19.3 Å². The van der Waals surface area contributed by atoms with Crippen LogP contribution in [-0.4, -0.2) is 154 Å². The molecule has 0 saturated heterocycles. The lowest BCUT2D eigenvalue weighted by molar-refractivity contribution is -0.135. The van der Waals surface area contributed by atoms with Crippen LogP contribution in [0.15, 0.2) is 0 Å². The molecule has 0 spiro atoms. The summed E-state index contributed by atoms with van der Waals surface area (Å²) in [4.78, 5) is 64.9. The average Bonchev–Trinajstić information content (AvgIpc) is 3.35. The molecule has 0 aromatic heterocycles. The number of nitrogens with two attached hydrogens (primary N) is 3. The first-order valence-electron chi connectivity index (χ1n) is 24.2. The van der Waals surface area contributed by atoms with Gasteiger partial charge in [-0.05, 0) is 32.1 Å². The molecule has 0 unspecified atom stereocenters. The van der Waals surface area contributed by atoms with E-state index in [1.165, 1.54) is 0 Å². The molecule has 70 heavy (non-hydrogen) atoms. The van der Waals surface area contributed by atoms with Gasteiger partial charge >= 0.3 is 5.97 Å². The Bertz CT molecular complexity index is 1510. The minimum Gasteiger partial charge on any atom is -0.420 e. The van der Waals surface area contributed by atoms with Crippen LogP contribution < -0.4 is 43.2 Å². The molecule has 0 radical (unpaired) electrons. The topological polar surface area (TPSA) is 276 Å². The van der Waals surface area contributed by atoms with Gasteiger partial charge in [0.15, 0.2) is 0 Å². The van der Waals surface area contributed by atoms with E-state index in [9.17, 15) is 45.9 Å². The van der Waals surface area contributed by atoms with E-state index in [1.807, 2.05) is 0 Å². The summed E-state index contributed by atoms with van der Waals surface area (Å²) in [6.45, 7) is 5.90. The number of amides is 4. The zero-order valence-electron chi connectivity index (χ0n) is 40.6. The van der Waals surface area contributed by atoms with Crippen LogP contribution in [0.5, 0.6) is 5.75 Å². The summed E-state index contributed by atoms with van der Waals surface area (Å²) in [5.41, 5.74) is 15.1. The number of hydrogen-bond donors (Lipinski definition) is 7. The van der Waals surface area contributed by atoms with Crippen molar-refractivity contribution in [3.05, 3.63) is 29.1 Å². The molecule has 24 heteroatoms. The SMILES string of the molecule is NCCOCCOCCNC(=O)CCC(CCC(=O)NCCOCCOCCN)(CCC(=O)NCCOCCOCCN)NC(=O)CCCCCCCCCCC(=O)Oc1c(F)c(F)c(F)c(F)c1F. The van der Waals surface area contributed by atoms with Gasteiger partial charge in [0, 0.05) is 76.9 Å². The van der Waals surface area contributed by atoms with Gasteiger partial charge in [0.2, 0.25) is 58.5 Å². The van der Waals surface area contributed by atoms with Crippen LogP contribution in [0.3, 0.4) is 0 Å². The van der Waals surface area contributed by atoms with Crippen LogP contribution in [0, 0.1) is 29.1 Å². The maximum Gasteiger partial charge on any atom is 0.311 e. The summed E-state index contributed by atoms with van der Waals surface area (Å²) < 4.78 is 105. The third kappa shape index (κ3) is 31.2. The number of carbonyl (C=O) groups is 5. The Morgan fingerprint density at radius 2 is 0.700 bits per heavy atom. The standard InChI is InChI=1S/C46H78F5N7O12/c47-40-41(48)43(50)45(44(51)42(40)49)70-39(63)10-8-6-4-2-1-3-5-7-9-38(62)58-46(14-11-35(59)55-20-26-67-32-29-64-23-17-52,15-12-36(60)56-21-27-68-33-30-65-24-18-53)16-13-37(61)57-22-28-69-34-31-66-25-19-54/h1-34,52-54H2,(H,55,59)(H,56,60)(H,57,61)(H,58,62). The Hall–Kier alpha value is -4.14. The quantitative estimate of drug-likeness (QED) is 0.0124. The molecule has 0 saturated carbocycles. The molecule has 0 aliphatic heterocycles. The Labute approximate surface area is 408 Å². The number of carbonyl (C=O) groups excluding carboxylic acids is 5. The minimum atomic E-state index is -2.35. The maximum absolute atomic E-state index is 13.8. The lowest BCUT2D eigenvalue weighted by atomic mass is 9.82. The van der Waals surface area contributed by atoms with Gasteiger partial charge in [-0.3, -0.25) is 24.0 Å². The molecule has 0 fully saturated rings. The van der Waals surface area contributed by atoms with Crippen molar-refractivity contribution in [1.82, 2.24) is 21.3 Å². The largest absolute Gasteiger partial charge is 0.420 e. The first kappa shape index (κ1) is 63.9. The van der Waals surface area contributed by atoms with Gasteiger partial charge in [0.25, 0.3) is 0 Å². The summed E-state index contributed by atoms with van der Waals surface area (Å²) in [6.07, 6.45) is 5.27. The Morgan fingerprint density at radius 1 is 0.386 bits per heavy atom. The molecule has 19 nitrogen and oxygen atoms in total. The monoisotopic (exact) mass is 1020 g/mol. The van der Waals surface area contributed by atoms with Gasteiger partial charge in [-0.1, -0.05) is 38.5 Å². The van der Waals surface area contributed by atoms with E-state index >= 15 is 0 Å². The molecule has 0 aliphatic carbocycles. The van der Waals surface area contributed by atoms with E-state index in [-0.39, 0.29) is 121 Å². The van der Waals surface area contributed by atoms with Crippen molar-refractivity contribution in [2.75, 3.05) is 119 Å². The Balaban J connectivity index is 2.83. The second kappa shape index (κ2) is 41.5. The number of ether oxygens (including phenoxy) is 7. The van der Waals surface area contributed by atoms with E-state index in [2.05, 4.69) is 26.0 Å². The minimum absolute atomic E-state index is 0.0181. The van der Waals surface area contributed by atoms with Crippen LogP contribution in [-0.2, 0) is 52.4 Å². The molecule has 4 amide bonds. The van der Waals surface area contributed by atoms with Crippen LogP contribution in [0.1, 0.15) is 103 Å². The molecule has 10 N–H and O–H groups in total. The number of nitrogens with one attached hydrogen (secondary N) is 4. The molecule has 1 rings (SSSR count). The molecule has 0 aliphatic rings. The van der Waals surface area contributed by atoms with Crippen molar-refractivity contribution in [3.63, 3.8) is 0 Å². The maximum atomic E-state index is 13.8. The molecule has 0 heterocycles. The fourth-order valence-electron chi connectivity index (χ4n) is 6.70. The molecule has 404 valence electrons. The number of unbranched alkanes of at least 4 members (excludes halogenated alkanes) is 7. The zero-order valence-corrected chi connectivity index (χ0v) is 40.6. The van der Waals surface area contributed by atoms with Crippen molar-refractivity contribution < 1.29 is 79.1 Å². The number of halogens is 5. The zero-order chi connectivity index (χ0) is 51.7. The summed E-state index contributed by atoms with van der Waals surface area (Å²) in [6, 6.07) is 0. The van der Waals surface area contributed by atoms with Crippen molar-refractivity contribution >= 4 is 29.6 Å². The van der Waals surface area contributed by atoms with Crippen molar-refractivity contribution in [2.45, 2.75) is 108 Å². The van der Waals surface area contributed by atoms with Gasteiger partial charge in [-0.2, -0.15) is 8.78 Å². The molecule has 0 bridgehead atoms. The Morgan fingerprint density at radius 3 is 1.06 bits per heavy atom. The van der Waals surface area contributed by atoms with Crippen LogP contribution in [0.2, 0.25) is 0 Å². The second-order valence-corrected chi connectivity index (χ2v) is 16.1. The third-order valence-corrected chi connectivity index (χ3v) is 10.4. The van der Waals surface area contributed by atoms with Crippen molar-refractivity contribution in [1.29, 1.82) is 0 Å². The average molecular weight is 1020 g/mol. The molecule has 1 aromatic carbocycles. The normalized spacial score (nSPS) is 11.4. The number of esters is 1. The highest BCUT2D eigenvalue weighted by molar-refractivity contribution is 5.80. The number of rotatable bonds is 46. The summed E-state index contributed by atoms with van der Waals surface area (Å²) in [5, 5.41) is 11.5. The predicted molar refractivity (Wildman–Crippen MR) is 248 cm³/mol. The van der Waals surface area contributed by atoms with Crippen LogP contribution >= 0.6 is 0 Å². The van der Waals surface area contributed by atoms with Crippen molar-refractivity contribution in [2.24, 2.45) is 17.2 Å². The van der Waals surface area contributed by atoms with E-state index < -0.39 is 46.3 Å². The van der Waals surface area contributed by atoms with Gasteiger partial charge in [0.05, 0.1) is 79.3 Å². The van der Waals surface area contributed by atoms with Crippen molar-refractivity contribution in [3.8, 4) is 5.75 Å². The summed E-state index contributed by atoms with van der Waals surface area (Å²) in [7, 11) is 0. The fourth-order valence-corrected chi connectivity index (χ4v) is 6.70. The highest BCUT2D eigenvalue weighted by Gasteiger charge is 2.34. The van der Waals surface area contributed by atoms with Gasteiger partial charge < -0.3 is 71.6 Å². The molecular formula is C46H78F5N7O12. The number of benzene rings is 1. The molecule has 1 aromatic rings. The smallest absolute Gasteiger partial charge is 0.311 e. The summed E-state index contributed by atoms with van der Waals surface area (Å²) in [5.74, 6) is -15.2. The lowest BCUT2D eigenvalue weighted by Crippen LogP contribution is -2.50. The van der Waals surface area contributed by atoms with E-state index in [4.69, 9.17) is 45.6 Å². The second-order valence-electron chi connectivity index (χ2n) is 16.1. The lowest BCUT2D eigenvalue weighted by Gasteiger charge is -2.35. The highest BCUT2D eigenvalue weighted by atomic mass is 19.2. The fraction of sp³-hybridized carbons (Fsp3) is 0.761. The third-order valence-electron chi connectivity index (χ3n) is 10.4. The van der Waals surface area contributed by atoms with Gasteiger partial charge in [-0.25, -0.2) is 13.2 Å².